The lowest BCUT2D eigenvalue weighted by molar-refractivity contribution is 0.502. The van der Waals surface area contributed by atoms with E-state index in [1.165, 1.54) is 17.7 Å². The van der Waals surface area contributed by atoms with Crippen LogP contribution in [0.5, 0.6) is 0 Å². The van der Waals surface area contributed by atoms with Crippen LogP contribution in [-0.2, 0) is 6.42 Å². The van der Waals surface area contributed by atoms with Crippen molar-refractivity contribution in [2.75, 3.05) is 6.54 Å². The van der Waals surface area contributed by atoms with Crippen molar-refractivity contribution in [1.82, 2.24) is 5.32 Å². The van der Waals surface area contributed by atoms with Crippen LogP contribution in [0.4, 0.5) is 8.78 Å². The maximum absolute atomic E-state index is 13.9. The van der Waals surface area contributed by atoms with Gasteiger partial charge >= 0.3 is 0 Å². The van der Waals surface area contributed by atoms with Gasteiger partial charge in [-0.1, -0.05) is 42.8 Å². The lowest BCUT2D eigenvalue weighted by atomic mass is 9.97. The van der Waals surface area contributed by atoms with Crippen molar-refractivity contribution in [2.45, 2.75) is 26.3 Å². The summed E-state index contributed by atoms with van der Waals surface area (Å²) in [5, 5.41) is 3.26. The predicted molar refractivity (Wildman–Crippen MR) is 77.7 cm³/mol. The fourth-order valence-electron chi connectivity index (χ4n) is 2.40. The molecule has 0 aliphatic rings. The van der Waals surface area contributed by atoms with Gasteiger partial charge in [-0.25, -0.2) is 8.78 Å². The zero-order valence-electron chi connectivity index (χ0n) is 11.8. The summed E-state index contributed by atoms with van der Waals surface area (Å²) >= 11 is 0. The molecule has 0 aliphatic heterocycles. The third-order valence-corrected chi connectivity index (χ3v) is 3.31. The highest BCUT2D eigenvalue weighted by Crippen LogP contribution is 2.22. The number of hydrogen-bond acceptors (Lipinski definition) is 1. The van der Waals surface area contributed by atoms with Gasteiger partial charge in [0.05, 0.1) is 0 Å². The van der Waals surface area contributed by atoms with Crippen molar-refractivity contribution >= 4 is 0 Å². The van der Waals surface area contributed by atoms with Gasteiger partial charge in [-0.05, 0) is 31.5 Å². The van der Waals surface area contributed by atoms with Crippen molar-refractivity contribution in [3.8, 4) is 0 Å². The van der Waals surface area contributed by atoms with Gasteiger partial charge in [0.2, 0.25) is 0 Å². The molecule has 20 heavy (non-hydrogen) atoms. The monoisotopic (exact) mass is 275 g/mol. The van der Waals surface area contributed by atoms with Gasteiger partial charge in [0.15, 0.2) is 0 Å². The normalized spacial score (nSPS) is 12.4. The molecule has 0 bridgehead atoms. The number of aryl methyl sites for hydroxylation is 1. The second-order valence-corrected chi connectivity index (χ2v) is 4.97. The van der Waals surface area contributed by atoms with E-state index in [0.717, 1.165) is 18.2 Å². The number of nitrogens with one attached hydrogen (secondary N) is 1. The van der Waals surface area contributed by atoms with E-state index in [1.54, 1.807) is 0 Å². The lowest BCUT2D eigenvalue weighted by Crippen LogP contribution is -2.24. The van der Waals surface area contributed by atoms with E-state index in [4.69, 9.17) is 0 Å². The highest BCUT2D eigenvalue weighted by molar-refractivity contribution is 5.27. The molecule has 106 valence electrons. The minimum absolute atomic E-state index is 0.151. The van der Waals surface area contributed by atoms with Gasteiger partial charge in [-0.3, -0.25) is 0 Å². The van der Waals surface area contributed by atoms with E-state index in [-0.39, 0.29) is 6.04 Å². The van der Waals surface area contributed by atoms with Gasteiger partial charge in [-0.15, -0.1) is 0 Å². The van der Waals surface area contributed by atoms with Crippen LogP contribution in [0.3, 0.4) is 0 Å². The maximum atomic E-state index is 13.9. The molecule has 0 fully saturated rings. The molecule has 1 nitrogen and oxygen atoms in total. The molecule has 1 atom stereocenters. The molecule has 0 aliphatic carbocycles. The van der Waals surface area contributed by atoms with E-state index in [2.05, 4.69) is 11.4 Å². The summed E-state index contributed by atoms with van der Waals surface area (Å²) in [7, 11) is 0. The molecular weight excluding hydrogens is 256 g/mol. The van der Waals surface area contributed by atoms with Crippen molar-refractivity contribution in [3.05, 3.63) is 70.8 Å². The molecule has 2 rings (SSSR count). The third kappa shape index (κ3) is 3.64. The summed E-state index contributed by atoms with van der Waals surface area (Å²) in [6.07, 6.45) is 0.679. The molecule has 1 N–H and O–H groups in total. The van der Waals surface area contributed by atoms with E-state index >= 15 is 0 Å². The van der Waals surface area contributed by atoms with Crippen molar-refractivity contribution in [1.29, 1.82) is 0 Å². The largest absolute Gasteiger partial charge is 0.310 e. The topological polar surface area (TPSA) is 12.0 Å². The van der Waals surface area contributed by atoms with Crippen molar-refractivity contribution in [2.24, 2.45) is 0 Å². The first-order chi connectivity index (χ1) is 9.60. The summed E-state index contributed by atoms with van der Waals surface area (Å²) in [4.78, 5) is 0. The second-order valence-electron chi connectivity index (χ2n) is 4.97. The third-order valence-electron chi connectivity index (χ3n) is 3.31. The van der Waals surface area contributed by atoms with E-state index < -0.39 is 11.6 Å². The Bertz CT molecular complexity index is 581. The van der Waals surface area contributed by atoms with Gasteiger partial charge in [0, 0.05) is 17.7 Å². The average molecular weight is 275 g/mol. The fraction of sp³-hybridized carbons (Fsp3) is 0.294. The highest BCUT2D eigenvalue weighted by atomic mass is 19.1. The number of hydrogen-bond donors (Lipinski definition) is 1. The summed E-state index contributed by atoms with van der Waals surface area (Å²) in [5.74, 6) is -1.04. The van der Waals surface area contributed by atoms with E-state index in [9.17, 15) is 8.78 Å². The molecule has 0 spiro atoms. The van der Waals surface area contributed by atoms with Gasteiger partial charge in [0.25, 0.3) is 0 Å². The molecule has 1 unspecified atom stereocenters. The van der Waals surface area contributed by atoms with Crippen LogP contribution in [0.25, 0.3) is 0 Å². The minimum atomic E-state index is -0.544. The Morgan fingerprint density at radius 3 is 2.55 bits per heavy atom. The Morgan fingerprint density at radius 2 is 1.90 bits per heavy atom. The van der Waals surface area contributed by atoms with Crippen LogP contribution in [0.2, 0.25) is 0 Å². The Morgan fingerprint density at radius 1 is 1.10 bits per heavy atom. The van der Waals surface area contributed by atoms with Crippen LogP contribution in [0.1, 0.15) is 29.7 Å². The van der Waals surface area contributed by atoms with Gasteiger partial charge < -0.3 is 5.32 Å². The van der Waals surface area contributed by atoms with E-state index in [1.807, 2.05) is 32.0 Å². The summed E-state index contributed by atoms with van der Waals surface area (Å²) in [6, 6.07) is 11.8. The molecule has 0 saturated heterocycles. The van der Waals surface area contributed by atoms with Crippen LogP contribution >= 0.6 is 0 Å². The Labute approximate surface area is 118 Å². The standard InChI is InChI=1S/C17H19F2N/c1-3-20-17(10-13-6-4-5-12(2)9-13)15-8-7-14(18)11-16(15)19/h4-9,11,17,20H,3,10H2,1-2H3. The zero-order chi connectivity index (χ0) is 14.5. The molecule has 0 saturated carbocycles. The van der Waals surface area contributed by atoms with Crippen molar-refractivity contribution in [3.63, 3.8) is 0 Å². The SMILES string of the molecule is CCNC(Cc1cccc(C)c1)c1ccc(F)cc1F. The molecule has 0 aromatic heterocycles. The summed E-state index contributed by atoms with van der Waals surface area (Å²) in [5.41, 5.74) is 2.83. The van der Waals surface area contributed by atoms with Crippen LogP contribution < -0.4 is 5.32 Å². The second kappa shape index (κ2) is 6.62. The lowest BCUT2D eigenvalue weighted by Gasteiger charge is -2.19. The van der Waals surface area contributed by atoms with Crippen LogP contribution in [0.15, 0.2) is 42.5 Å². The quantitative estimate of drug-likeness (QED) is 0.863. The maximum Gasteiger partial charge on any atom is 0.130 e. The minimum Gasteiger partial charge on any atom is -0.310 e. The number of benzene rings is 2. The number of likely N-dealkylation sites (N-methyl/N-ethyl adjacent to an activating group) is 1. The number of rotatable bonds is 5. The van der Waals surface area contributed by atoms with E-state index in [0.29, 0.717) is 12.0 Å². The molecule has 0 radical (unpaired) electrons. The molecule has 3 heteroatoms. The molecule has 0 heterocycles. The molecular formula is C17H19F2N. The fourth-order valence-corrected chi connectivity index (χ4v) is 2.40. The average Bonchev–Trinajstić information content (AvgIpc) is 2.38. The Kier molecular flexibility index (Phi) is 4.85. The molecule has 0 amide bonds. The summed E-state index contributed by atoms with van der Waals surface area (Å²) < 4.78 is 26.9. The molecule has 2 aromatic carbocycles. The zero-order valence-corrected chi connectivity index (χ0v) is 11.8. The predicted octanol–water partition coefficient (Wildman–Crippen LogP) is 4.17. The van der Waals surface area contributed by atoms with Crippen molar-refractivity contribution < 1.29 is 8.78 Å². The Hall–Kier alpha value is -1.74. The van der Waals surface area contributed by atoms with Gasteiger partial charge in [0.1, 0.15) is 11.6 Å². The smallest absolute Gasteiger partial charge is 0.130 e. The highest BCUT2D eigenvalue weighted by Gasteiger charge is 2.16. The first-order valence-electron chi connectivity index (χ1n) is 6.84. The first kappa shape index (κ1) is 14.7. The van der Waals surface area contributed by atoms with Crippen LogP contribution in [-0.4, -0.2) is 6.54 Å². The Balaban J connectivity index is 2.26. The first-order valence-corrected chi connectivity index (χ1v) is 6.84. The summed E-state index contributed by atoms with van der Waals surface area (Å²) in [6.45, 7) is 4.74. The molecule has 2 aromatic rings. The van der Waals surface area contributed by atoms with Crippen LogP contribution in [0, 0.1) is 18.6 Å². The van der Waals surface area contributed by atoms with Gasteiger partial charge in [-0.2, -0.15) is 0 Å². The number of halogens is 2.